The fourth-order valence-electron chi connectivity index (χ4n) is 8.02. The van der Waals surface area contributed by atoms with Crippen molar-refractivity contribution in [1.29, 1.82) is 0 Å². The lowest BCUT2D eigenvalue weighted by atomic mass is 9.61. The van der Waals surface area contributed by atoms with Gasteiger partial charge in [-0.2, -0.15) is 0 Å². The molecule has 42 heavy (non-hydrogen) atoms. The molecule has 0 aliphatic heterocycles. The van der Waals surface area contributed by atoms with Crippen molar-refractivity contribution in [2.75, 3.05) is 26.6 Å². The van der Waals surface area contributed by atoms with Gasteiger partial charge in [0.15, 0.2) is 0 Å². The van der Waals surface area contributed by atoms with E-state index in [2.05, 4.69) is 24.5 Å². The average molecular weight is 595 g/mol. The Morgan fingerprint density at radius 2 is 0.714 bits per heavy atom. The summed E-state index contributed by atoms with van der Waals surface area (Å²) in [6.45, 7) is 6.87. The van der Waals surface area contributed by atoms with Gasteiger partial charge in [0.1, 0.15) is 0 Å². The highest BCUT2D eigenvalue weighted by atomic mass is 16.3. The van der Waals surface area contributed by atoms with Crippen molar-refractivity contribution in [3.63, 3.8) is 0 Å². The van der Waals surface area contributed by atoms with Crippen LogP contribution in [0.2, 0.25) is 0 Å². The van der Waals surface area contributed by atoms with Crippen molar-refractivity contribution >= 4 is 0 Å². The van der Waals surface area contributed by atoms with Crippen LogP contribution in [0, 0.1) is 23.7 Å². The quantitative estimate of drug-likeness (QED) is 0.0462. The maximum absolute atomic E-state index is 8.87. The lowest BCUT2D eigenvalue weighted by Gasteiger charge is -2.44. The number of unbranched alkanes of at least 4 members (excludes halogenated alkanes) is 18. The summed E-state index contributed by atoms with van der Waals surface area (Å²) in [7, 11) is 0. The fourth-order valence-corrected chi connectivity index (χ4v) is 8.02. The van der Waals surface area contributed by atoms with Crippen LogP contribution in [0.25, 0.3) is 0 Å². The molecule has 1 fully saturated rings. The van der Waals surface area contributed by atoms with Crippen molar-refractivity contribution in [3.8, 4) is 0 Å². The summed E-state index contributed by atoms with van der Waals surface area (Å²) in [4.78, 5) is 0. The van der Waals surface area contributed by atoms with E-state index in [4.69, 9.17) is 10.2 Å². The minimum atomic E-state index is 0.117. The van der Waals surface area contributed by atoms with Gasteiger partial charge in [-0.15, -0.1) is 0 Å². The van der Waals surface area contributed by atoms with Gasteiger partial charge in [-0.3, -0.25) is 10.6 Å². The van der Waals surface area contributed by atoms with E-state index < -0.39 is 0 Å². The standard InChI is InChI=1S/C38H78N2O2/c1-3-5-7-14-21-27-37-35(25-19-6-4-2)29-30-36(26-20-15-10-8-12-17-23-31-39-33-41)38(37)28-22-16-11-9-13-18-24-32-40-34-42/h35-42H,3-34H2,1-2H3. The maximum Gasteiger partial charge on any atom is 0.0931 e. The maximum atomic E-state index is 8.87. The lowest BCUT2D eigenvalue weighted by Crippen LogP contribution is -2.35. The SMILES string of the molecule is CCCCCCCC1C(CCCCC)CCC(CCCCCCCCCNCO)C1CCCCCCCCCNCO. The molecule has 0 amide bonds. The Kier molecular flexibility index (Phi) is 29.3. The molecule has 4 atom stereocenters. The molecule has 0 heterocycles. The van der Waals surface area contributed by atoms with Crippen molar-refractivity contribution in [2.24, 2.45) is 23.7 Å². The lowest BCUT2D eigenvalue weighted by molar-refractivity contribution is 0.0581. The van der Waals surface area contributed by atoms with Crippen molar-refractivity contribution in [2.45, 2.75) is 194 Å². The molecule has 1 saturated carbocycles. The van der Waals surface area contributed by atoms with E-state index >= 15 is 0 Å². The third-order valence-corrected chi connectivity index (χ3v) is 10.5. The molecule has 0 aromatic heterocycles. The molecule has 0 radical (unpaired) electrons. The van der Waals surface area contributed by atoms with E-state index in [1.807, 2.05) is 0 Å². The largest absolute Gasteiger partial charge is 0.381 e. The van der Waals surface area contributed by atoms with E-state index in [0.717, 1.165) is 36.8 Å². The number of aliphatic hydroxyl groups is 2. The molecule has 4 N–H and O–H groups in total. The number of hydrogen-bond acceptors (Lipinski definition) is 4. The van der Waals surface area contributed by atoms with Crippen LogP contribution in [-0.2, 0) is 0 Å². The van der Waals surface area contributed by atoms with E-state index in [1.165, 1.54) is 180 Å². The number of rotatable bonds is 32. The monoisotopic (exact) mass is 595 g/mol. The Balaban J connectivity index is 2.58. The van der Waals surface area contributed by atoms with Gasteiger partial charge in [-0.05, 0) is 75.3 Å². The molecular weight excluding hydrogens is 516 g/mol. The fraction of sp³-hybridized carbons (Fsp3) is 1.00. The van der Waals surface area contributed by atoms with Gasteiger partial charge in [0, 0.05) is 0 Å². The van der Waals surface area contributed by atoms with Crippen molar-refractivity contribution < 1.29 is 10.2 Å². The van der Waals surface area contributed by atoms with Gasteiger partial charge in [-0.25, -0.2) is 0 Å². The third kappa shape index (κ3) is 21.5. The van der Waals surface area contributed by atoms with Gasteiger partial charge in [0.25, 0.3) is 0 Å². The van der Waals surface area contributed by atoms with Crippen LogP contribution in [0.5, 0.6) is 0 Å². The Bertz CT molecular complexity index is 531. The Morgan fingerprint density at radius 3 is 1.12 bits per heavy atom. The van der Waals surface area contributed by atoms with Crippen LogP contribution >= 0.6 is 0 Å². The molecule has 1 aliphatic carbocycles. The summed E-state index contributed by atoms with van der Waals surface area (Å²) in [6, 6.07) is 0. The van der Waals surface area contributed by atoms with Gasteiger partial charge >= 0.3 is 0 Å². The zero-order valence-corrected chi connectivity index (χ0v) is 28.8. The Labute approximate surface area is 264 Å². The number of nitrogens with one attached hydrogen (secondary N) is 2. The molecule has 4 nitrogen and oxygen atoms in total. The minimum Gasteiger partial charge on any atom is -0.381 e. The first-order valence-electron chi connectivity index (χ1n) is 19.4. The summed E-state index contributed by atoms with van der Waals surface area (Å²) < 4.78 is 0. The molecule has 1 rings (SSSR count). The van der Waals surface area contributed by atoms with Crippen LogP contribution in [0.4, 0.5) is 0 Å². The van der Waals surface area contributed by atoms with Gasteiger partial charge in [-0.1, -0.05) is 155 Å². The van der Waals surface area contributed by atoms with Gasteiger partial charge in [0.05, 0.1) is 13.5 Å². The summed E-state index contributed by atoms with van der Waals surface area (Å²) in [6.07, 6.45) is 39.7. The highest BCUT2D eigenvalue weighted by molar-refractivity contribution is 4.88. The molecular formula is C38H78N2O2. The predicted molar refractivity (Wildman–Crippen MR) is 185 cm³/mol. The van der Waals surface area contributed by atoms with E-state index in [9.17, 15) is 0 Å². The topological polar surface area (TPSA) is 64.5 Å². The Hall–Kier alpha value is -0.160. The second kappa shape index (κ2) is 30.8. The summed E-state index contributed by atoms with van der Waals surface area (Å²) in [5.41, 5.74) is 0. The first kappa shape index (κ1) is 39.9. The molecule has 4 unspecified atom stereocenters. The van der Waals surface area contributed by atoms with Crippen LogP contribution in [-0.4, -0.2) is 36.8 Å². The zero-order valence-electron chi connectivity index (χ0n) is 28.8. The molecule has 0 aromatic rings. The minimum absolute atomic E-state index is 0.117. The molecule has 4 heteroatoms. The molecule has 0 bridgehead atoms. The van der Waals surface area contributed by atoms with Crippen LogP contribution < -0.4 is 10.6 Å². The van der Waals surface area contributed by atoms with Gasteiger partial charge < -0.3 is 10.2 Å². The Morgan fingerprint density at radius 1 is 0.405 bits per heavy atom. The molecule has 0 spiro atoms. The molecule has 252 valence electrons. The smallest absolute Gasteiger partial charge is 0.0931 e. The number of aliphatic hydroxyl groups excluding tert-OH is 2. The molecule has 1 aliphatic rings. The highest BCUT2D eigenvalue weighted by Gasteiger charge is 2.37. The normalized spacial score (nSPS) is 20.9. The van der Waals surface area contributed by atoms with Gasteiger partial charge in [0.2, 0.25) is 0 Å². The highest BCUT2D eigenvalue weighted by Crippen LogP contribution is 2.47. The summed E-state index contributed by atoms with van der Waals surface area (Å²) >= 11 is 0. The van der Waals surface area contributed by atoms with Crippen LogP contribution in [0.3, 0.4) is 0 Å². The second-order valence-corrected chi connectivity index (χ2v) is 14.0. The van der Waals surface area contributed by atoms with Crippen molar-refractivity contribution in [3.05, 3.63) is 0 Å². The first-order valence-corrected chi connectivity index (χ1v) is 19.4. The molecule has 0 saturated heterocycles. The summed E-state index contributed by atoms with van der Waals surface area (Å²) in [5, 5.41) is 23.8. The van der Waals surface area contributed by atoms with E-state index in [1.54, 1.807) is 0 Å². The van der Waals surface area contributed by atoms with Crippen molar-refractivity contribution in [1.82, 2.24) is 10.6 Å². The summed E-state index contributed by atoms with van der Waals surface area (Å²) in [5.74, 6) is 4.02. The van der Waals surface area contributed by atoms with E-state index in [0.29, 0.717) is 0 Å². The first-order chi connectivity index (χ1) is 20.8. The van der Waals surface area contributed by atoms with Crippen LogP contribution in [0.15, 0.2) is 0 Å². The average Bonchev–Trinajstić information content (AvgIpc) is 3.00. The number of hydrogen-bond donors (Lipinski definition) is 4. The zero-order chi connectivity index (χ0) is 30.4. The third-order valence-electron chi connectivity index (χ3n) is 10.5. The van der Waals surface area contributed by atoms with Crippen LogP contribution in [0.1, 0.15) is 194 Å². The second-order valence-electron chi connectivity index (χ2n) is 14.0. The van der Waals surface area contributed by atoms with E-state index in [-0.39, 0.29) is 13.5 Å². The predicted octanol–water partition coefficient (Wildman–Crippen LogP) is 10.5. The molecule has 0 aromatic carbocycles.